The van der Waals surface area contributed by atoms with Crippen molar-refractivity contribution in [3.63, 3.8) is 0 Å². The van der Waals surface area contributed by atoms with Crippen molar-refractivity contribution in [2.45, 2.75) is 16.7 Å². The summed E-state index contributed by atoms with van der Waals surface area (Å²) in [7, 11) is -8.81. The number of nitro benzene ring substituents is 1. The summed E-state index contributed by atoms with van der Waals surface area (Å²) in [5.74, 6) is -3.18. The van der Waals surface area contributed by atoms with E-state index < -0.39 is 64.1 Å². The molecule has 1 amide bonds. The number of rotatable bonds is 8. The molecular weight excluding hydrogens is 859 g/mol. The number of fused-ring (bicyclic) bond motifs is 2. The Morgan fingerprint density at radius 3 is 1.88 bits per heavy atom. The van der Waals surface area contributed by atoms with E-state index in [-0.39, 0.29) is 104 Å². The van der Waals surface area contributed by atoms with E-state index in [4.69, 9.17) is 0 Å². The first kappa shape index (κ1) is 49.6. The van der Waals surface area contributed by atoms with E-state index in [2.05, 4.69) is 25.8 Å². The zero-order valence-corrected chi connectivity index (χ0v) is 37.5. The van der Waals surface area contributed by atoms with Crippen molar-refractivity contribution < 1.29 is 128 Å². The zero-order valence-electron chi connectivity index (χ0n) is 30.6. The van der Waals surface area contributed by atoms with Crippen LogP contribution >= 0.6 is 0 Å². The molecule has 0 bridgehead atoms. The number of carbonyl (C=O) groups excluding carboxylic acids is 1. The average molecular weight is 882 g/mol. The van der Waals surface area contributed by atoms with Gasteiger partial charge in [0.15, 0.2) is 9.84 Å². The van der Waals surface area contributed by atoms with Crippen molar-refractivity contribution in [1.29, 1.82) is 0 Å². The molecule has 0 aromatic heterocycles. The molecule has 285 valence electrons. The molecule has 23 heteroatoms. The fraction of sp³-hybridized carbons (Fsp3) is 0.0571. The van der Waals surface area contributed by atoms with Crippen molar-refractivity contribution >= 4 is 81.5 Å². The Hall–Kier alpha value is -4.50. The minimum absolute atomic E-state index is 0. The molecule has 0 aliphatic carbocycles. The Bertz CT molecular complexity index is 2830. The van der Waals surface area contributed by atoms with Crippen LogP contribution in [0.15, 0.2) is 127 Å². The maximum atomic E-state index is 12.4. The number of azo groups is 2. The van der Waals surface area contributed by atoms with Crippen molar-refractivity contribution in [3.8, 4) is 23.0 Å². The number of benzene rings is 6. The monoisotopic (exact) mass is 881 g/mol. The van der Waals surface area contributed by atoms with Gasteiger partial charge in [-0.15, -0.1) is 0 Å². The molecule has 0 heterocycles. The van der Waals surface area contributed by atoms with E-state index in [9.17, 15) is 56.7 Å². The minimum atomic E-state index is -5.27. The molecule has 0 spiro atoms. The van der Waals surface area contributed by atoms with Crippen molar-refractivity contribution in [3.05, 3.63) is 107 Å². The van der Waals surface area contributed by atoms with E-state index in [0.717, 1.165) is 18.4 Å². The molecule has 0 unspecified atom stereocenters. The summed E-state index contributed by atoms with van der Waals surface area (Å²) in [6.45, 7) is 1.33. The second-order valence-corrected chi connectivity index (χ2v) is 14.8. The summed E-state index contributed by atoms with van der Waals surface area (Å²) in [4.78, 5) is 20.0. The number of nitrogens with zero attached hydrogens (tertiary/aromatic N) is 5. The van der Waals surface area contributed by atoms with Gasteiger partial charge in [0.1, 0.15) is 10.1 Å². The van der Waals surface area contributed by atoms with Gasteiger partial charge in [-0.1, -0.05) is 89.7 Å². The van der Waals surface area contributed by atoms with Gasteiger partial charge >= 0.3 is 76.5 Å². The first-order valence-corrected chi connectivity index (χ1v) is 18.6. The molecule has 0 aliphatic rings. The second-order valence-electron chi connectivity index (χ2n) is 11.4. The molecule has 0 atom stereocenters. The van der Waals surface area contributed by atoms with Crippen LogP contribution in [0.4, 0.5) is 34.1 Å². The third-order valence-corrected chi connectivity index (χ3v) is 9.48. The number of sulfone groups is 1. The minimum Gasteiger partial charge on any atom is -0.871 e. The smallest absolute Gasteiger partial charge is 0.871 e. The molecule has 6 rings (SSSR count). The van der Waals surface area contributed by atoms with Gasteiger partial charge in [-0.3, -0.25) is 14.9 Å². The fourth-order valence-corrected chi connectivity index (χ4v) is 6.26. The number of hydrogen-bond donors (Lipinski definition) is 1. The summed E-state index contributed by atoms with van der Waals surface area (Å²) < 4.78 is 56.9. The Morgan fingerprint density at radius 1 is 0.690 bits per heavy atom. The summed E-state index contributed by atoms with van der Waals surface area (Å²) >= 11 is 0. The standard InChI is InChI=1S/C19H17N3O5S.C16H11N3O7S.Cr.2Na/c1-11(23)20-14-5-3-4-12-6-8-17(25)19(18(12)14)22-21-15-10-13(28(2,26)27)7-9-16(15)24;20-13-6-5-9-3-1-2-4-11(9)15(13)18-17-12-7-10(19(22)23)8-14(16(12)21)27(24,25)26;;;/h3-10,24-25H,1-2H3,(H,20,23);1-8,20-21H,(H,24,25,26);;;/q;;+3;2*+1/p-5. The quantitative estimate of drug-likeness (QED) is 0.0632. The molecule has 6 aromatic carbocycles. The maximum Gasteiger partial charge on any atom is 3.00 e. The van der Waals surface area contributed by atoms with E-state index in [1.807, 2.05) is 0 Å². The first-order chi connectivity index (χ1) is 25.8. The van der Waals surface area contributed by atoms with Crippen LogP contribution in [0.3, 0.4) is 0 Å². The van der Waals surface area contributed by atoms with Gasteiger partial charge in [0.2, 0.25) is 5.91 Å². The molecule has 0 fully saturated rings. The largest absolute Gasteiger partial charge is 3.00 e. The normalized spacial score (nSPS) is 11.2. The molecule has 0 saturated carbocycles. The summed E-state index contributed by atoms with van der Waals surface area (Å²) in [6.07, 6.45) is 1.01. The van der Waals surface area contributed by atoms with Gasteiger partial charge < -0.3 is 30.3 Å². The van der Waals surface area contributed by atoms with Crippen LogP contribution in [0.5, 0.6) is 23.0 Å². The van der Waals surface area contributed by atoms with Crippen molar-refractivity contribution in [1.82, 2.24) is 0 Å². The van der Waals surface area contributed by atoms with Gasteiger partial charge in [-0.2, -0.15) is 20.5 Å². The third kappa shape index (κ3) is 11.8. The summed E-state index contributed by atoms with van der Waals surface area (Å²) in [5, 5.41) is 79.1. The molecule has 58 heavy (non-hydrogen) atoms. The Labute approximate surface area is 384 Å². The van der Waals surface area contributed by atoms with E-state index >= 15 is 0 Å². The molecule has 1 radical (unpaired) electrons. The molecule has 6 aromatic rings. The second kappa shape index (κ2) is 20.5. The molecular formula is C35H23CrN6Na2O12S2. The SMILES string of the molecule is CC(=O)Nc1cccc2ccc([O-])c(N=Nc3cc(S(C)(=O)=O)ccc3[O-])c12.O=[N+]([O-])c1cc(N=Nc2c([O-])ccc3ccccc23)c([O-])c(S(=O)(=O)[O-])c1.[Cr+3].[Na+].[Na+]. The Kier molecular flexibility index (Phi) is 17.5. The predicted molar refractivity (Wildman–Crippen MR) is 189 cm³/mol. The summed E-state index contributed by atoms with van der Waals surface area (Å²) in [6, 6.07) is 21.8. The molecule has 1 N–H and O–H groups in total. The van der Waals surface area contributed by atoms with Crippen LogP contribution in [0.1, 0.15) is 6.92 Å². The number of amides is 1. The predicted octanol–water partition coefficient (Wildman–Crippen LogP) is -1.02. The molecule has 18 nitrogen and oxygen atoms in total. The van der Waals surface area contributed by atoms with Crippen LogP contribution in [0.2, 0.25) is 0 Å². The maximum absolute atomic E-state index is 12.4. The number of hydrogen-bond acceptors (Lipinski definition) is 16. The van der Waals surface area contributed by atoms with Crippen molar-refractivity contribution in [2.24, 2.45) is 20.5 Å². The van der Waals surface area contributed by atoms with Crippen LogP contribution in [-0.4, -0.2) is 38.5 Å². The Morgan fingerprint density at radius 2 is 1.26 bits per heavy atom. The Balaban J connectivity index is 0.000000381. The van der Waals surface area contributed by atoms with Gasteiger partial charge in [0.25, 0.3) is 5.69 Å². The van der Waals surface area contributed by atoms with Crippen LogP contribution in [-0.2, 0) is 42.1 Å². The fourth-order valence-electron chi connectivity index (χ4n) is 5.02. The van der Waals surface area contributed by atoms with Crippen LogP contribution in [0, 0.1) is 10.1 Å². The zero-order chi connectivity index (χ0) is 40.2. The molecule has 0 aliphatic heterocycles. The van der Waals surface area contributed by atoms with E-state index in [1.165, 1.54) is 25.1 Å². The number of nitrogens with one attached hydrogen (secondary N) is 1. The average Bonchev–Trinajstić information content (AvgIpc) is 3.11. The van der Waals surface area contributed by atoms with Gasteiger partial charge in [-0.25, -0.2) is 16.8 Å². The number of non-ortho nitro benzene ring substituents is 1. The van der Waals surface area contributed by atoms with Gasteiger partial charge in [0.05, 0.1) is 43.2 Å². The number of anilines is 1. The third-order valence-electron chi connectivity index (χ3n) is 7.53. The van der Waals surface area contributed by atoms with E-state index in [1.54, 1.807) is 54.6 Å². The summed E-state index contributed by atoms with van der Waals surface area (Å²) in [5.41, 5.74) is -1.60. The van der Waals surface area contributed by atoms with Gasteiger partial charge in [-0.05, 0) is 29.0 Å². The van der Waals surface area contributed by atoms with Crippen LogP contribution in [0.25, 0.3) is 21.5 Å². The number of nitro groups is 1. The first-order valence-electron chi connectivity index (χ1n) is 15.3. The topological polar surface area (TPSA) is 305 Å². The van der Waals surface area contributed by atoms with Crippen molar-refractivity contribution in [2.75, 3.05) is 11.6 Å². The van der Waals surface area contributed by atoms with Gasteiger partial charge in [0, 0.05) is 36.1 Å². The molecule has 0 saturated heterocycles. The van der Waals surface area contributed by atoms with Crippen LogP contribution < -0.4 is 84.9 Å². The van der Waals surface area contributed by atoms with E-state index in [0.29, 0.717) is 39.4 Å². The number of carbonyl (C=O) groups is 1.